The number of hydrogen-bond donors (Lipinski definition) is 2. The van der Waals surface area contributed by atoms with Gasteiger partial charge in [0, 0.05) is 12.0 Å². The van der Waals surface area contributed by atoms with Crippen molar-refractivity contribution in [2.45, 2.75) is 45.1 Å². The molecule has 0 saturated carbocycles. The molecule has 2 aromatic rings. The summed E-state index contributed by atoms with van der Waals surface area (Å²) in [6, 6.07) is 19.8. The van der Waals surface area contributed by atoms with Crippen molar-refractivity contribution in [1.29, 1.82) is 0 Å². The minimum absolute atomic E-state index is 0.255. The second-order valence-electron chi connectivity index (χ2n) is 5.57. The molecule has 2 unspecified atom stereocenters. The van der Waals surface area contributed by atoms with E-state index in [0.29, 0.717) is 5.92 Å². The van der Waals surface area contributed by atoms with E-state index >= 15 is 0 Å². The highest BCUT2D eigenvalue weighted by molar-refractivity contribution is 5.26. The molecule has 0 aliphatic rings. The van der Waals surface area contributed by atoms with E-state index in [0.717, 1.165) is 19.3 Å². The van der Waals surface area contributed by atoms with Gasteiger partial charge in [0.25, 0.3) is 0 Å². The summed E-state index contributed by atoms with van der Waals surface area (Å²) in [6.07, 6.45) is 3.11. The van der Waals surface area contributed by atoms with E-state index in [4.69, 9.17) is 5.84 Å². The molecule has 0 aliphatic carbocycles. The molecule has 0 aromatic heterocycles. The normalized spacial score (nSPS) is 13.9. The summed E-state index contributed by atoms with van der Waals surface area (Å²) >= 11 is 0. The molecule has 0 bridgehead atoms. The maximum atomic E-state index is 5.84. The predicted octanol–water partition coefficient (Wildman–Crippen LogP) is 3.82. The summed E-state index contributed by atoms with van der Waals surface area (Å²) in [5.41, 5.74) is 7.10. The van der Waals surface area contributed by atoms with E-state index in [1.54, 1.807) is 0 Å². The van der Waals surface area contributed by atoms with Crippen LogP contribution >= 0.6 is 0 Å². The molecule has 2 nitrogen and oxygen atoms in total. The van der Waals surface area contributed by atoms with E-state index in [1.807, 2.05) is 0 Å². The molecular formula is C19H26N2. The summed E-state index contributed by atoms with van der Waals surface area (Å²) in [4.78, 5) is 0. The standard InChI is InChI=1S/C19H26N2/c1-3-15-10-12-16(13-11-15)14-19(21-20)18(4-2)17-8-6-5-7-9-17/h5-13,18-19,21H,3-4,14,20H2,1-2H3. The predicted molar refractivity (Wildman–Crippen MR) is 90.1 cm³/mol. The Morgan fingerprint density at radius 3 is 2.05 bits per heavy atom. The summed E-state index contributed by atoms with van der Waals surface area (Å²) in [5, 5.41) is 0. The molecule has 0 aliphatic heterocycles. The van der Waals surface area contributed by atoms with Gasteiger partial charge < -0.3 is 0 Å². The van der Waals surface area contributed by atoms with Gasteiger partial charge in [-0.25, -0.2) is 0 Å². The molecular weight excluding hydrogens is 256 g/mol. The third-order valence-corrected chi connectivity index (χ3v) is 4.25. The smallest absolute Gasteiger partial charge is 0.0319 e. The first-order valence-corrected chi connectivity index (χ1v) is 7.87. The molecule has 2 atom stereocenters. The van der Waals surface area contributed by atoms with Crippen molar-refractivity contribution in [3.8, 4) is 0 Å². The number of benzene rings is 2. The van der Waals surface area contributed by atoms with Crippen LogP contribution in [0.25, 0.3) is 0 Å². The van der Waals surface area contributed by atoms with Crippen LogP contribution < -0.4 is 11.3 Å². The zero-order valence-corrected chi connectivity index (χ0v) is 13.0. The number of rotatable bonds is 7. The van der Waals surface area contributed by atoms with Gasteiger partial charge in [0.2, 0.25) is 0 Å². The molecule has 0 fully saturated rings. The van der Waals surface area contributed by atoms with Crippen molar-refractivity contribution in [3.05, 3.63) is 71.3 Å². The Kier molecular flexibility index (Phi) is 5.97. The van der Waals surface area contributed by atoms with Gasteiger partial charge in [0.1, 0.15) is 0 Å². The van der Waals surface area contributed by atoms with Gasteiger partial charge in [0.15, 0.2) is 0 Å². The number of nitrogens with two attached hydrogens (primary N) is 1. The fourth-order valence-corrected chi connectivity index (χ4v) is 2.94. The largest absolute Gasteiger partial charge is 0.271 e. The highest BCUT2D eigenvalue weighted by Gasteiger charge is 2.20. The quantitative estimate of drug-likeness (QED) is 0.598. The van der Waals surface area contributed by atoms with E-state index in [-0.39, 0.29) is 6.04 Å². The van der Waals surface area contributed by atoms with Crippen molar-refractivity contribution in [2.24, 2.45) is 5.84 Å². The maximum Gasteiger partial charge on any atom is 0.0319 e. The molecule has 112 valence electrons. The molecule has 0 radical (unpaired) electrons. The summed E-state index contributed by atoms with van der Waals surface area (Å²) < 4.78 is 0. The highest BCUT2D eigenvalue weighted by Crippen LogP contribution is 2.25. The van der Waals surface area contributed by atoms with Crippen LogP contribution in [0.4, 0.5) is 0 Å². The first kappa shape index (κ1) is 15.7. The Balaban J connectivity index is 2.13. The Labute approximate surface area is 128 Å². The van der Waals surface area contributed by atoms with Gasteiger partial charge in [-0.1, -0.05) is 68.4 Å². The van der Waals surface area contributed by atoms with Gasteiger partial charge in [-0.2, -0.15) is 0 Å². The molecule has 0 spiro atoms. The monoisotopic (exact) mass is 282 g/mol. The first-order valence-electron chi connectivity index (χ1n) is 7.87. The SMILES string of the molecule is CCc1ccc(CC(NN)C(CC)c2ccccc2)cc1. The third kappa shape index (κ3) is 4.16. The second-order valence-corrected chi connectivity index (χ2v) is 5.57. The zero-order chi connectivity index (χ0) is 15.1. The van der Waals surface area contributed by atoms with Crippen LogP contribution in [0.5, 0.6) is 0 Å². The van der Waals surface area contributed by atoms with Crippen LogP contribution in [0, 0.1) is 0 Å². The van der Waals surface area contributed by atoms with E-state index in [1.165, 1.54) is 16.7 Å². The van der Waals surface area contributed by atoms with Crippen LogP contribution in [0.3, 0.4) is 0 Å². The van der Waals surface area contributed by atoms with E-state index in [2.05, 4.69) is 73.9 Å². The van der Waals surface area contributed by atoms with Crippen molar-refractivity contribution >= 4 is 0 Å². The molecule has 21 heavy (non-hydrogen) atoms. The molecule has 3 N–H and O–H groups in total. The molecule has 0 heterocycles. The summed E-state index contributed by atoms with van der Waals surface area (Å²) in [5.74, 6) is 6.27. The lowest BCUT2D eigenvalue weighted by molar-refractivity contribution is 0.427. The van der Waals surface area contributed by atoms with Crippen LogP contribution in [0.1, 0.15) is 42.9 Å². The number of nitrogens with one attached hydrogen (secondary N) is 1. The van der Waals surface area contributed by atoms with Crippen molar-refractivity contribution < 1.29 is 0 Å². The number of hydrazine groups is 1. The van der Waals surface area contributed by atoms with Gasteiger partial charge in [-0.15, -0.1) is 0 Å². The van der Waals surface area contributed by atoms with E-state index in [9.17, 15) is 0 Å². The van der Waals surface area contributed by atoms with Gasteiger partial charge >= 0.3 is 0 Å². The maximum absolute atomic E-state index is 5.84. The molecule has 0 amide bonds. The average molecular weight is 282 g/mol. The first-order chi connectivity index (χ1) is 10.3. The van der Waals surface area contributed by atoms with Crippen LogP contribution in [0.15, 0.2) is 54.6 Å². The van der Waals surface area contributed by atoms with Gasteiger partial charge in [-0.05, 0) is 36.0 Å². The Hall–Kier alpha value is -1.64. The Bertz CT molecular complexity index is 519. The van der Waals surface area contributed by atoms with Crippen LogP contribution in [0.2, 0.25) is 0 Å². The van der Waals surface area contributed by atoms with Crippen molar-refractivity contribution in [1.82, 2.24) is 5.43 Å². The number of aryl methyl sites for hydroxylation is 1. The fourth-order valence-electron chi connectivity index (χ4n) is 2.94. The minimum atomic E-state index is 0.255. The number of hydrogen-bond acceptors (Lipinski definition) is 2. The summed E-state index contributed by atoms with van der Waals surface area (Å²) in [7, 11) is 0. The van der Waals surface area contributed by atoms with E-state index < -0.39 is 0 Å². The van der Waals surface area contributed by atoms with Crippen LogP contribution in [-0.4, -0.2) is 6.04 Å². The minimum Gasteiger partial charge on any atom is -0.271 e. The van der Waals surface area contributed by atoms with Gasteiger partial charge in [0.05, 0.1) is 0 Å². The molecule has 2 rings (SSSR count). The average Bonchev–Trinajstić information content (AvgIpc) is 2.56. The third-order valence-electron chi connectivity index (χ3n) is 4.25. The lowest BCUT2D eigenvalue weighted by Gasteiger charge is -2.26. The van der Waals surface area contributed by atoms with Crippen LogP contribution in [-0.2, 0) is 12.8 Å². The Morgan fingerprint density at radius 2 is 1.52 bits per heavy atom. The molecule has 2 aromatic carbocycles. The highest BCUT2D eigenvalue weighted by atomic mass is 15.2. The van der Waals surface area contributed by atoms with Gasteiger partial charge in [-0.3, -0.25) is 11.3 Å². The zero-order valence-electron chi connectivity index (χ0n) is 13.0. The summed E-state index contributed by atoms with van der Waals surface area (Å²) in [6.45, 7) is 4.41. The second kappa shape index (κ2) is 7.96. The van der Waals surface area contributed by atoms with Crippen molar-refractivity contribution in [3.63, 3.8) is 0 Å². The topological polar surface area (TPSA) is 38.0 Å². The lowest BCUT2D eigenvalue weighted by atomic mass is 9.86. The molecule has 2 heteroatoms. The fraction of sp³-hybridized carbons (Fsp3) is 0.368. The van der Waals surface area contributed by atoms with Crippen molar-refractivity contribution in [2.75, 3.05) is 0 Å². The Morgan fingerprint density at radius 1 is 0.905 bits per heavy atom. The molecule has 0 saturated heterocycles. The lowest BCUT2D eigenvalue weighted by Crippen LogP contribution is -2.41.